The van der Waals surface area contributed by atoms with Gasteiger partial charge in [0, 0.05) is 15.7 Å². The van der Waals surface area contributed by atoms with Crippen molar-refractivity contribution in [3.8, 4) is 5.75 Å². The Morgan fingerprint density at radius 3 is 2.60 bits per heavy atom. The molecule has 3 rings (SSSR count). The summed E-state index contributed by atoms with van der Waals surface area (Å²) in [7, 11) is -3.61. The molecule has 0 aromatic heterocycles. The SMILES string of the molecule is CS(=O)(=O)N1C[C@H](C(=O)Nc2cccc(Cl)c2)Oc2ccc(Cl)cc21. The van der Waals surface area contributed by atoms with E-state index < -0.39 is 22.0 Å². The minimum absolute atomic E-state index is 0.154. The lowest BCUT2D eigenvalue weighted by molar-refractivity contribution is -0.122. The van der Waals surface area contributed by atoms with Gasteiger partial charge in [0.1, 0.15) is 5.75 Å². The molecule has 132 valence electrons. The molecule has 25 heavy (non-hydrogen) atoms. The highest BCUT2D eigenvalue weighted by Gasteiger charge is 2.35. The van der Waals surface area contributed by atoms with Gasteiger partial charge in [-0.25, -0.2) is 8.42 Å². The number of benzene rings is 2. The van der Waals surface area contributed by atoms with Crippen LogP contribution in [0.3, 0.4) is 0 Å². The summed E-state index contributed by atoms with van der Waals surface area (Å²) in [6, 6.07) is 11.2. The van der Waals surface area contributed by atoms with Crippen LogP contribution in [0.1, 0.15) is 0 Å². The summed E-state index contributed by atoms with van der Waals surface area (Å²) < 4.78 is 31.0. The van der Waals surface area contributed by atoms with Gasteiger partial charge in [0.2, 0.25) is 10.0 Å². The van der Waals surface area contributed by atoms with Gasteiger partial charge in [0.15, 0.2) is 6.10 Å². The summed E-state index contributed by atoms with van der Waals surface area (Å²) in [5.74, 6) is -0.205. The van der Waals surface area contributed by atoms with Gasteiger partial charge >= 0.3 is 0 Å². The number of nitrogens with one attached hydrogen (secondary N) is 1. The lowest BCUT2D eigenvalue weighted by Crippen LogP contribution is -2.48. The summed E-state index contributed by atoms with van der Waals surface area (Å²) in [4.78, 5) is 12.5. The van der Waals surface area contributed by atoms with Crippen molar-refractivity contribution in [1.82, 2.24) is 0 Å². The van der Waals surface area contributed by atoms with Crippen molar-refractivity contribution < 1.29 is 17.9 Å². The third-order valence-corrected chi connectivity index (χ3v) is 5.19. The maximum Gasteiger partial charge on any atom is 0.267 e. The standard InChI is InChI=1S/C16H14Cl2N2O4S/c1-25(22,23)20-9-15(24-14-6-5-11(18)8-13(14)20)16(21)19-12-4-2-3-10(17)7-12/h2-8,15H,9H2,1H3,(H,19,21)/t15-/m1/s1. The molecule has 1 aliphatic rings. The number of hydrogen-bond acceptors (Lipinski definition) is 4. The maximum atomic E-state index is 12.5. The van der Waals surface area contributed by atoms with Gasteiger partial charge in [-0.2, -0.15) is 0 Å². The number of hydrogen-bond donors (Lipinski definition) is 1. The molecule has 0 saturated heterocycles. The quantitative estimate of drug-likeness (QED) is 0.858. The molecule has 0 radical (unpaired) electrons. The van der Waals surface area contributed by atoms with Crippen molar-refractivity contribution in [1.29, 1.82) is 0 Å². The fourth-order valence-electron chi connectivity index (χ4n) is 2.46. The van der Waals surface area contributed by atoms with Crippen LogP contribution in [0.25, 0.3) is 0 Å². The Labute approximate surface area is 155 Å². The number of carbonyl (C=O) groups is 1. The first kappa shape index (κ1) is 17.8. The second-order valence-electron chi connectivity index (χ2n) is 5.51. The summed E-state index contributed by atoms with van der Waals surface area (Å²) in [5.41, 5.74) is 0.802. The first-order chi connectivity index (χ1) is 11.7. The smallest absolute Gasteiger partial charge is 0.267 e. The van der Waals surface area contributed by atoms with E-state index in [0.717, 1.165) is 10.6 Å². The second kappa shape index (κ2) is 6.74. The molecule has 1 amide bonds. The van der Waals surface area contributed by atoms with E-state index in [1.54, 1.807) is 30.3 Å². The molecule has 2 aromatic carbocycles. The summed E-state index contributed by atoms with van der Waals surface area (Å²) in [5, 5.41) is 3.52. The molecule has 2 aromatic rings. The average molecular weight is 401 g/mol. The maximum absolute atomic E-state index is 12.5. The van der Waals surface area contributed by atoms with E-state index in [2.05, 4.69) is 5.32 Å². The number of amides is 1. The molecular formula is C16H14Cl2N2O4S. The van der Waals surface area contributed by atoms with E-state index in [1.165, 1.54) is 12.1 Å². The molecule has 1 atom stereocenters. The predicted octanol–water partition coefficient (Wildman–Crippen LogP) is 3.16. The molecule has 1 aliphatic heterocycles. The number of ether oxygens (including phenoxy) is 1. The first-order valence-electron chi connectivity index (χ1n) is 7.24. The Bertz CT molecular complexity index is 933. The topological polar surface area (TPSA) is 75.7 Å². The number of carbonyl (C=O) groups excluding carboxylic acids is 1. The van der Waals surface area contributed by atoms with Crippen molar-refractivity contribution >= 4 is 50.5 Å². The fraction of sp³-hybridized carbons (Fsp3) is 0.188. The Hall–Kier alpha value is -1.96. The first-order valence-corrected chi connectivity index (χ1v) is 9.85. The van der Waals surface area contributed by atoms with Crippen molar-refractivity contribution in [2.75, 3.05) is 22.4 Å². The van der Waals surface area contributed by atoms with E-state index in [-0.39, 0.29) is 12.3 Å². The number of anilines is 2. The van der Waals surface area contributed by atoms with E-state index in [1.807, 2.05) is 0 Å². The summed E-state index contributed by atoms with van der Waals surface area (Å²) in [6.45, 7) is -0.154. The monoisotopic (exact) mass is 400 g/mol. The third kappa shape index (κ3) is 4.00. The molecule has 0 spiro atoms. The number of fused-ring (bicyclic) bond motifs is 1. The van der Waals surface area contributed by atoms with Crippen LogP contribution < -0.4 is 14.4 Å². The number of nitrogens with zero attached hydrogens (tertiary/aromatic N) is 1. The highest BCUT2D eigenvalue weighted by atomic mass is 35.5. The zero-order valence-electron chi connectivity index (χ0n) is 13.1. The van der Waals surface area contributed by atoms with Gasteiger partial charge in [-0.15, -0.1) is 0 Å². The van der Waals surface area contributed by atoms with Gasteiger partial charge < -0.3 is 10.1 Å². The molecule has 0 unspecified atom stereocenters. The summed E-state index contributed by atoms with van der Waals surface area (Å²) in [6.07, 6.45) is 0.0527. The van der Waals surface area contributed by atoms with Crippen LogP contribution in [0, 0.1) is 0 Å². The van der Waals surface area contributed by atoms with Crippen molar-refractivity contribution in [3.05, 3.63) is 52.5 Å². The van der Waals surface area contributed by atoms with E-state index >= 15 is 0 Å². The third-order valence-electron chi connectivity index (χ3n) is 3.58. The number of sulfonamides is 1. The molecule has 0 fully saturated rings. The van der Waals surface area contributed by atoms with Crippen LogP contribution in [0.15, 0.2) is 42.5 Å². The van der Waals surface area contributed by atoms with Crippen molar-refractivity contribution in [2.24, 2.45) is 0 Å². The Morgan fingerprint density at radius 2 is 1.92 bits per heavy atom. The normalized spacial score (nSPS) is 16.8. The van der Waals surface area contributed by atoms with Gasteiger partial charge in [0.25, 0.3) is 5.91 Å². The van der Waals surface area contributed by atoms with Crippen LogP contribution in [0.2, 0.25) is 10.0 Å². The van der Waals surface area contributed by atoms with Gasteiger partial charge in [-0.1, -0.05) is 29.3 Å². The fourth-order valence-corrected chi connectivity index (χ4v) is 3.73. The Morgan fingerprint density at radius 1 is 1.20 bits per heavy atom. The molecule has 6 nitrogen and oxygen atoms in total. The minimum Gasteiger partial charge on any atom is -0.476 e. The predicted molar refractivity (Wildman–Crippen MR) is 98.1 cm³/mol. The van der Waals surface area contributed by atoms with Crippen LogP contribution in [0.4, 0.5) is 11.4 Å². The van der Waals surface area contributed by atoms with Crippen molar-refractivity contribution in [3.63, 3.8) is 0 Å². The Balaban J connectivity index is 1.89. The van der Waals surface area contributed by atoms with E-state index in [9.17, 15) is 13.2 Å². The molecular weight excluding hydrogens is 387 g/mol. The zero-order chi connectivity index (χ0) is 18.2. The highest BCUT2D eigenvalue weighted by molar-refractivity contribution is 7.92. The molecule has 1 N–H and O–H groups in total. The lowest BCUT2D eigenvalue weighted by Gasteiger charge is -2.34. The summed E-state index contributed by atoms with van der Waals surface area (Å²) >= 11 is 11.8. The van der Waals surface area contributed by atoms with E-state index in [4.69, 9.17) is 27.9 Å². The number of halogens is 2. The number of rotatable bonds is 3. The minimum atomic E-state index is -3.61. The average Bonchev–Trinajstić information content (AvgIpc) is 2.52. The van der Waals surface area contributed by atoms with Crippen molar-refractivity contribution in [2.45, 2.75) is 6.10 Å². The van der Waals surface area contributed by atoms with Crippen LogP contribution >= 0.6 is 23.2 Å². The largest absolute Gasteiger partial charge is 0.476 e. The van der Waals surface area contributed by atoms with Gasteiger partial charge in [-0.05, 0) is 36.4 Å². The van der Waals surface area contributed by atoms with Gasteiger partial charge in [-0.3, -0.25) is 9.10 Å². The molecule has 0 saturated carbocycles. The second-order valence-corrected chi connectivity index (χ2v) is 8.29. The lowest BCUT2D eigenvalue weighted by atomic mass is 10.2. The van der Waals surface area contributed by atoms with Gasteiger partial charge in [0.05, 0.1) is 18.5 Å². The highest BCUT2D eigenvalue weighted by Crippen LogP contribution is 2.37. The zero-order valence-corrected chi connectivity index (χ0v) is 15.4. The Kier molecular flexibility index (Phi) is 4.81. The van der Waals surface area contributed by atoms with Crippen LogP contribution in [0.5, 0.6) is 5.75 Å². The molecule has 9 heteroatoms. The molecule has 1 heterocycles. The van der Waals surface area contributed by atoms with Crippen LogP contribution in [-0.4, -0.2) is 33.2 Å². The van der Waals surface area contributed by atoms with Crippen LogP contribution in [-0.2, 0) is 14.8 Å². The van der Waals surface area contributed by atoms with E-state index in [0.29, 0.717) is 21.4 Å². The molecule has 0 aliphatic carbocycles. The molecule has 0 bridgehead atoms.